The summed E-state index contributed by atoms with van der Waals surface area (Å²) in [6.45, 7) is 0. The molecule has 0 aliphatic rings. The van der Waals surface area contributed by atoms with E-state index in [1.54, 1.807) is 20.2 Å². The molecule has 2 aromatic rings. The number of amides is 1. The van der Waals surface area contributed by atoms with Crippen molar-refractivity contribution < 1.29 is 13.9 Å². The highest BCUT2D eigenvalue weighted by molar-refractivity contribution is 5.70. The van der Waals surface area contributed by atoms with Crippen LogP contribution in [-0.2, 0) is 6.42 Å². The molecular formula is C20H25FN2O2. The van der Waals surface area contributed by atoms with E-state index in [1.165, 1.54) is 17.0 Å². The number of aryl methyl sites for hydroxylation is 1. The van der Waals surface area contributed by atoms with Gasteiger partial charge in [0.2, 0.25) is 0 Å². The molecule has 0 saturated heterocycles. The van der Waals surface area contributed by atoms with Crippen LogP contribution in [0.25, 0.3) is 0 Å². The molecule has 0 saturated carbocycles. The van der Waals surface area contributed by atoms with Gasteiger partial charge < -0.3 is 15.0 Å². The lowest BCUT2D eigenvalue weighted by Gasteiger charge is -2.18. The average molecular weight is 344 g/mol. The van der Waals surface area contributed by atoms with Crippen molar-refractivity contribution in [2.75, 3.05) is 21.1 Å². The molecule has 1 N–H and O–H groups in total. The average Bonchev–Trinajstić information content (AvgIpc) is 2.60. The van der Waals surface area contributed by atoms with E-state index in [9.17, 15) is 9.18 Å². The summed E-state index contributed by atoms with van der Waals surface area (Å²) < 4.78 is 18.3. The number of ether oxygens (including phenoxy) is 1. The second-order valence-electron chi connectivity index (χ2n) is 6.19. The molecule has 5 heteroatoms. The lowest BCUT2D eigenvalue weighted by molar-refractivity contribution is 0.172. The van der Waals surface area contributed by atoms with Gasteiger partial charge in [0.1, 0.15) is 11.6 Å². The molecule has 0 aliphatic heterocycles. The van der Waals surface area contributed by atoms with E-state index >= 15 is 0 Å². The Hall–Kier alpha value is -2.40. The van der Waals surface area contributed by atoms with Gasteiger partial charge in [0.15, 0.2) is 0 Å². The highest BCUT2D eigenvalue weighted by atomic mass is 19.1. The summed E-state index contributed by atoms with van der Waals surface area (Å²) in [7, 11) is 5.22. The van der Waals surface area contributed by atoms with E-state index in [0.717, 1.165) is 30.4 Å². The maximum absolute atomic E-state index is 12.9. The van der Waals surface area contributed by atoms with E-state index in [1.807, 2.05) is 37.4 Å². The second kappa shape index (κ2) is 9.18. The van der Waals surface area contributed by atoms with Gasteiger partial charge in [-0.05, 0) is 61.7 Å². The molecule has 0 aromatic heterocycles. The van der Waals surface area contributed by atoms with E-state index in [-0.39, 0.29) is 11.9 Å². The number of halogens is 1. The van der Waals surface area contributed by atoms with Crippen molar-refractivity contribution in [2.24, 2.45) is 0 Å². The van der Waals surface area contributed by atoms with Crippen LogP contribution in [-0.4, -0.2) is 32.1 Å². The van der Waals surface area contributed by atoms with Gasteiger partial charge in [0.25, 0.3) is 0 Å². The zero-order valence-corrected chi connectivity index (χ0v) is 15.0. The Bertz CT molecular complexity index is 686. The lowest BCUT2D eigenvalue weighted by Crippen LogP contribution is -2.25. The number of benzene rings is 2. The van der Waals surface area contributed by atoms with Gasteiger partial charge in [-0.1, -0.05) is 24.3 Å². The molecular weight excluding hydrogens is 319 g/mol. The topological polar surface area (TPSA) is 41.6 Å². The molecule has 0 spiro atoms. The number of hydrogen-bond donors (Lipinski definition) is 1. The SMILES string of the molecule is CNC(CCCc1ccc(F)cc1)c1cccc(OC(=O)N(C)C)c1. The molecule has 1 amide bonds. The summed E-state index contributed by atoms with van der Waals surface area (Å²) in [4.78, 5) is 13.1. The van der Waals surface area contributed by atoms with Crippen LogP contribution < -0.4 is 10.1 Å². The zero-order chi connectivity index (χ0) is 18.2. The molecule has 0 heterocycles. The van der Waals surface area contributed by atoms with Crippen molar-refractivity contribution in [3.05, 3.63) is 65.5 Å². The molecule has 0 radical (unpaired) electrons. The third-order valence-electron chi connectivity index (χ3n) is 4.05. The van der Waals surface area contributed by atoms with Crippen LogP contribution in [0.1, 0.15) is 30.0 Å². The van der Waals surface area contributed by atoms with Gasteiger partial charge in [-0.25, -0.2) is 9.18 Å². The molecule has 1 atom stereocenters. The normalized spacial score (nSPS) is 11.8. The zero-order valence-electron chi connectivity index (χ0n) is 15.0. The van der Waals surface area contributed by atoms with Crippen molar-refractivity contribution in [2.45, 2.75) is 25.3 Å². The third-order valence-corrected chi connectivity index (χ3v) is 4.05. The first-order valence-electron chi connectivity index (χ1n) is 8.40. The molecule has 1 unspecified atom stereocenters. The number of carbonyl (C=O) groups is 1. The first-order valence-corrected chi connectivity index (χ1v) is 8.40. The predicted octanol–water partition coefficient (Wildman–Crippen LogP) is 4.17. The van der Waals surface area contributed by atoms with Crippen LogP contribution >= 0.6 is 0 Å². The number of carbonyl (C=O) groups excluding carboxylic acids is 1. The van der Waals surface area contributed by atoms with Gasteiger partial charge in [-0.15, -0.1) is 0 Å². The van der Waals surface area contributed by atoms with Crippen molar-refractivity contribution in [1.29, 1.82) is 0 Å². The highest BCUT2D eigenvalue weighted by Crippen LogP contribution is 2.24. The summed E-state index contributed by atoms with van der Waals surface area (Å²) in [5.41, 5.74) is 2.20. The quantitative estimate of drug-likeness (QED) is 0.820. The fourth-order valence-corrected chi connectivity index (χ4v) is 2.63. The van der Waals surface area contributed by atoms with Crippen LogP contribution in [0.15, 0.2) is 48.5 Å². The Labute approximate surface area is 148 Å². The van der Waals surface area contributed by atoms with Crippen LogP contribution in [0, 0.1) is 5.82 Å². The number of nitrogens with zero attached hydrogens (tertiary/aromatic N) is 1. The highest BCUT2D eigenvalue weighted by Gasteiger charge is 2.12. The molecule has 2 rings (SSSR count). The smallest absolute Gasteiger partial charge is 0.410 e. The summed E-state index contributed by atoms with van der Waals surface area (Å²) in [5.74, 6) is 0.330. The van der Waals surface area contributed by atoms with E-state index < -0.39 is 6.09 Å². The van der Waals surface area contributed by atoms with Crippen LogP contribution in [0.5, 0.6) is 5.75 Å². The largest absolute Gasteiger partial charge is 0.414 e. The van der Waals surface area contributed by atoms with E-state index in [2.05, 4.69) is 5.32 Å². The van der Waals surface area contributed by atoms with Gasteiger partial charge in [-0.3, -0.25) is 0 Å². The Balaban J connectivity index is 1.95. The Morgan fingerprint density at radius 2 is 1.92 bits per heavy atom. The third kappa shape index (κ3) is 5.87. The minimum absolute atomic E-state index is 0.165. The van der Waals surface area contributed by atoms with Crippen molar-refractivity contribution in [1.82, 2.24) is 10.2 Å². The molecule has 0 bridgehead atoms. The Morgan fingerprint density at radius 3 is 2.56 bits per heavy atom. The number of nitrogens with one attached hydrogen (secondary N) is 1. The molecule has 2 aromatic carbocycles. The molecule has 25 heavy (non-hydrogen) atoms. The summed E-state index contributed by atoms with van der Waals surface area (Å²) in [6, 6.07) is 14.4. The first-order chi connectivity index (χ1) is 12.0. The fourth-order valence-electron chi connectivity index (χ4n) is 2.63. The summed E-state index contributed by atoms with van der Waals surface area (Å²) >= 11 is 0. The van der Waals surface area contributed by atoms with Gasteiger partial charge in [0, 0.05) is 20.1 Å². The van der Waals surface area contributed by atoms with Gasteiger partial charge in [0.05, 0.1) is 0 Å². The van der Waals surface area contributed by atoms with Crippen molar-refractivity contribution >= 4 is 6.09 Å². The molecule has 4 nitrogen and oxygen atoms in total. The Kier molecular flexibility index (Phi) is 6.95. The molecule has 0 fully saturated rings. The minimum atomic E-state index is -0.394. The molecule has 134 valence electrons. The first kappa shape index (κ1) is 18.9. The maximum Gasteiger partial charge on any atom is 0.414 e. The standard InChI is InChI=1S/C20H25FN2O2/c1-22-19(9-4-6-15-10-12-17(21)13-11-15)16-7-5-8-18(14-16)25-20(24)23(2)3/h5,7-8,10-14,19,22H,4,6,9H2,1-3H3. The number of hydrogen-bond acceptors (Lipinski definition) is 3. The van der Waals surface area contributed by atoms with Crippen LogP contribution in [0.3, 0.4) is 0 Å². The Morgan fingerprint density at radius 1 is 1.20 bits per heavy atom. The summed E-state index contributed by atoms with van der Waals surface area (Å²) in [5, 5.41) is 3.31. The molecule has 0 aliphatic carbocycles. The van der Waals surface area contributed by atoms with E-state index in [0.29, 0.717) is 5.75 Å². The van der Waals surface area contributed by atoms with Crippen molar-refractivity contribution in [3.63, 3.8) is 0 Å². The van der Waals surface area contributed by atoms with Crippen molar-refractivity contribution in [3.8, 4) is 5.75 Å². The monoisotopic (exact) mass is 344 g/mol. The fraction of sp³-hybridized carbons (Fsp3) is 0.350. The van der Waals surface area contributed by atoms with E-state index in [4.69, 9.17) is 4.74 Å². The van der Waals surface area contributed by atoms with Crippen LogP contribution in [0.4, 0.5) is 9.18 Å². The second-order valence-corrected chi connectivity index (χ2v) is 6.19. The maximum atomic E-state index is 12.9. The predicted molar refractivity (Wildman–Crippen MR) is 97.3 cm³/mol. The minimum Gasteiger partial charge on any atom is -0.410 e. The van der Waals surface area contributed by atoms with Crippen LogP contribution in [0.2, 0.25) is 0 Å². The summed E-state index contributed by atoms with van der Waals surface area (Å²) in [6.07, 6.45) is 2.40. The van der Waals surface area contributed by atoms with Gasteiger partial charge in [-0.2, -0.15) is 0 Å². The van der Waals surface area contributed by atoms with Gasteiger partial charge >= 0.3 is 6.09 Å². The lowest BCUT2D eigenvalue weighted by atomic mass is 9.99. The number of rotatable bonds is 7.